The summed E-state index contributed by atoms with van der Waals surface area (Å²) < 4.78 is 18.6. The molecule has 0 saturated carbocycles. The zero-order chi connectivity index (χ0) is 12.4. The molecule has 2 heteroatoms. The lowest BCUT2D eigenvalue weighted by molar-refractivity contribution is 0.582. The van der Waals surface area contributed by atoms with E-state index in [1.807, 2.05) is 42.5 Å². The van der Waals surface area contributed by atoms with Crippen LogP contribution in [0.15, 0.2) is 71.3 Å². The topological polar surface area (TPSA) is 13.1 Å². The summed E-state index contributed by atoms with van der Waals surface area (Å²) in [5, 5.41) is 0. The molecule has 0 radical (unpaired) electrons. The fraction of sp³-hybridized carbons (Fsp3) is 0. The minimum Gasteiger partial charge on any atom is -0.464 e. The van der Waals surface area contributed by atoms with Crippen molar-refractivity contribution < 1.29 is 8.81 Å². The fourth-order valence-corrected chi connectivity index (χ4v) is 1.96. The first-order chi connectivity index (χ1) is 8.83. The van der Waals surface area contributed by atoms with E-state index in [1.165, 1.54) is 12.1 Å². The Hall–Kier alpha value is -2.35. The lowest BCUT2D eigenvalue weighted by atomic mass is 10.0. The van der Waals surface area contributed by atoms with E-state index in [4.69, 9.17) is 4.42 Å². The summed E-state index contributed by atoms with van der Waals surface area (Å²) in [4.78, 5) is 0. The SMILES string of the molecule is Fc1cccc(-c2cccc(-c3ccco3)c2)c1. The molecular formula is C16H11FO. The van der Waals surface area contributed by atoms with Crippen LogP contribution in [-0.2, 0) is 0 Å². The van der Waals surface area contributed by atoms with Crippen molar-refractivity contribution in [1.29, 1.82) is 0 Å². The summed E-state index contributed by atoms with van der Waals surface area (Å²) in [6, 6.07) is 18.2. The predicted octanol–water partition coefficient (Wildman–Crippen LogP) is 4.75. The highest BCUT2D eigenvalue weighted by molar-refractivity contribution is 5.70. The van der Waals surface area contributed by atoms with Crippen LogP contribution in [0.25, 0.3) is 22.5 Å². The van der Waals surface area contributed by atoms with Gasteiger partial charge in [0.2, 0.25) is 0 Å². The molecule has 88 valence electrons. The van der Waals surface area contributed by atoms with Crippen LogP contribution in [0.1, 0.15) is 0 Å². The highest BCUT2D eigenvalue weighted by Gasteiger charge is 2.03. The third-order valence-corrected chi connectivity index (χ3v) is 2.83. The highest BCUT2D eigenvalue weighted by Crippen LogP contribution is 2.26. The molecule has 0 unspecified atom stereocenters. The molecule has 0 aliphatic heterocycles. The molecule has 0 spiro atoms. The van der Waals surface area contributed by atoms with E-state index >= 15 is 0 Å². The molecule has 3 rings (SSSR count). The van der Waals surface area contributed by atoms with Crippen LogP contribution in [0.3, 0.4) is 0 Å². The van der Waals surface area contributed by atoms with Gasteiger partial charge in [-0.3, -0.25) is 0 Å². The molecule has 0 fully saturated rings. The Morgan fingerprint density at radius 1 is 0.722 bits per heavy atom. The van der Waals surface area contributed by atoms with Crippen molar-refractivity contribution in [3.63, 3.8) is 0 Å². The normalized spacial score (nSPS) is 10.5. The molecule has 1 nitrogen and oxygen atoms in total. The molecule has 18 heavy (non-hydrogen) atoms. The molecule has 0 atom stereocenters. The molecule has 0 N–H and O–H groups in total. The lowest BCUT2D eigenvalue weighted by Gasteiger charge is -2.04. The first-order valence-corrected chi connectivity index (χ1v) is 5.73. The maximum Gasteiger partial charge on any atom is 0.133 e. The van der Waals surface area contributed by atoms with Gasteiger partial charge in [0.05, 0.1) is 6.26 Å². The minimum absolute atomic E-state index is 0.226. The van der Waals surface area contributed by atoms with Crippen molar-refractivity contribution in [2.45, 2.75) is 0 Å². The van der Waals surface area contributed by atoms with Gasteiger partial charge in [-0.25, -0.2) is 4.39 Å². The van der Waals surface area contributed by atoms with Gasteiger partial charge >= 0.3 is 0 Å². The molecular weight excluding hydrogens is 227 g/mol. The Morgan fingerprint density at radius 2 is 1.44 bits per heavy atom. The Kier molecular flexibility index (Phi) is 2.69. The first kappa shape index (κ1) is 10.8. The molecule has 0 aliphatic rings. The van der Waals surface area contributed by atoms with E-state index < -0.39 is 0 Å². The summed E-state index contributed by atoms with van der Waals surface area (Å²) >= 11 is 0. The van der Waals surface area contributed by atoms with Gasteiger partial charge in [-0.2, -0.15) is 0 Å². The number of benzene rings is 2. The van der Waals surface area contributed by atoms with Crippen LogP contribution in [0, 0.1) is 5.82 Å². The largest absolute Gasteiger partial charge is 0.464 e. The third-order valence-electron chi connectivity index (χ3n) is 2.83. The van der Waals surface area contributed by atoms with Gasteiger partial charge in [-0.1, -0.05) is 30.3 Å². The van der Waals surface area contributed by atoms with E-state index in [-0.39, 0.29) is 5.82 Å². The van der Waals surface area contributed by atoms with Crippen molar-refractivity contribution >= 4 is 0 Å². The second-order valence-corrected chi connectivity index (χ2v) is 4.07. The van der Waals surface area contributed by atoms with Crippen molar-refractivity contribution in [3.8, 4) is 22.5 Å². The molecule has 3 aromatic rings. The summed E-state index contributed by atoms with van der Waals surface area (Å²) in [6.07, 6.45) is 1.64. The fourth-order valence-electron chi connectivity index (χ4n) is 1.96. The van der Waals surface area contributed by atoms with Gasteiger partial charge < -0.3 is 4.42 Å². The summed E-state index contributed by atoms with van der Waals surface area (Å²) in [7, 11) is 0. The van der Waals surface area contributed by atoms with Gasteiger partial charge in [0, 0.05) is 5.56 Å². The Labute approximate surface area is 105 Å². The smallest absolute Gasteiger partial charge is 0.133 e. The van der Waals surface area contributed by atoms with Crippen LogP contribution in [0.4, 0.5) is 4.39 Å². The summed E-state index contributed by atoms with van der Waals surface area (Å²) in [5.74, 6) is 0.587. The first-order valence-electron chi connectivity index (χ1n) is 5.73. The van der Waals surface area contributed by atoms with E-state index in [0.717, 1.165) is 22.5 Å². The average molecular weight is 238 g/mol. The molecule has 0 aliphatic carbocycles. The number of furan rings is 1. The number of hydrogen-bond acceptors (Lipinski definition) is 1. The van der Waals surface area contributed by atoms with Crippen LogP contribution in [-0.4, -0.2) is 0 Å². The second kappa shape index (κ2) is 4.49. The van der Waals surface area contributed by atoms with Gasteiger partial charge in [0.15, 0.2) is 0 Å². The quantitative estimate of drug-likeness (QED) is 0.627. The van der Waals surface area contributed by atoms with Crippen molar-refractivity contribution in [2.24, 2.45) is 0 Å². The molecule has 0 amide bonds. The van der Waals surface area contributed by atoms with Gasteiger partial charge in [0.25, 0.3) is 0 Å². The highest BCUT2D eigenvalue weighted by atomic mass is 19.1. The van der Waals surface area contributed by atoms with Crippen molar-refractivity contribution in [3.05, 3.63) is 72.7 Å². The number of rotatable bonds is 2. The zero-order valence-corrected chi connectivity index (χ0v) is 9.64. The Morgan fingerprint density at radius 3 is 2.17 bits per heavy atom. The summed E-state index contributed by atoms with van der Waals surface area (Å²) in [5.41, 5.74) is 2.83. The maximum absolute atomic E-state index is 13.2. The van der Waals surface area contributed by atoms with Gasteiger partial charge in [-0.15, -0.1) is 0 Å². The maximum atomic E-state index is 13.2. The van der Waals surface area contributed by atoms with E-state index in [2.05, 4.69) is 0 Å². The second-order valence-electron chi connectivity index (χ2n) is 4.07. The van der Waals surface area contributed by atoms with Crippen LogP contribution in [0.5, 0.6) is 0 Å². The third kappa shape index (κ3) is 2.05. The standard InChI is InChI=1S/C16H11FO/c17-15-7-2-5-13(11-15)12-4-1-6-14(10-12)16-8-3-9-18-16/h1-11H. The monoisotopic (exact) mass is 238 g/mol. The molecule has 1 heterocycles. The zero-order valence-electron chi connectivity index (χ0n) is 9.64. The van der Waals surface area contributed by atoms with Crippen LogP contribution in [0.2, 0.25) is 0 Å². The molecule has 0 saturated heterocycles. The van der Waals surface area contributed by atoms with Gasteiger partial charge in [0.1, 0.15) is 11.6 Å². The Balaban J connectivity index is 2.06. The average Bonchev–Trinajstić information content (AvgIpc) is 2.93. The van der Waals surface area contributed by atoms with Crippen LogP contribution < -0.4 is 0 Å². The summed E-state index contributed by atoms with van der Waals surface area (Å²) in [6.45, 7) is 0. The van der Waals surface area contributed by atoms with E-state index in [9.17, 15) is 4.39 Å². The minimum atomic E-state index is -0.226. The van der Waals surface area contributed by atoms with E-state index in [0.29, 0.717) is 0 Å². The molecule has 2 aromatic carbocycles. The Bertz CT molecular complexity index is 656. The lowest BCUT2D eigenvalue weighted by Crippen LogP contribution is -1.81. The van der Waals surface area contributed by atoms with E-state index in [1.54, 1.807) is 12.3 Å². The van der Waals surface area contributed by atoms with Crippen LogP contribution >= 0.6 is 0 Å². The predicted molar refractivity (Wildman–Crippen MR) is 69.5 cm³/mol. The van der Waals surface area contributed by atoms with Gasteiger partial charge in [-0.05, 0) is 41.5 Å². The van der Waals surface area contributed by atoms with Crippen molar-refractivity contribution in [2.75, 3.05) is 0 Å². The van der Waals surface area contributed by atoms with Crippen molar-refractivity contribution in [1.82, 2.24) is 0 Å². The molecule has 0 bridgehead atoms. The molecule has 1 aromatic heterocycles. The number of halogens is 1. The number of hydrogen-bond donors (Lipinski definition) is 0.